The molecule has 5 rings (SSSR count). The summed E-state index contributed by atoms with van der Waals surface area (Å²) < 4.78 is 55.6. The summed E-state index contributed by atoms with van der Waals surface area (Å²) in [6.45, 7) is 4.15. The van der Waals surface area contributed by atoms with Crippen molar-refractivity contribution in [1.29, 1.82) is 0 Å². The number of aromatic amines is 1. The fourth-order valence-corrected chi connectivity index (χ4v) is 5.60. The molecule has 0 saturated carbocycles. The van der Waals surface area contributed by atoms with Crippen molar-refractivity contribution in [2.24, 2.45) is 0 Å². The number of nitrogens with zero attached hydrogens (tertiary/aromatic N) is 3. The minimum absolute atomic E-state index is 0.0839. The van der Waals surface area contributed by atoms with E-state index in [0.717, 1.165) is 18.7 Å². The molecule has 1 fully saturated rings. The van der Waals surface area contributed by atoms with Gasteiger partial charge < -0.3 is 24.1 Å². The topological polar surface area (TPSA) is 107 Å². The molecule has 1 N–H and O–H groups in total. The number of aromatic nitrogens is 3. The Balaban J connectivity index is 1.31. The Kier molecular flexibility index (Phi) is 6.67. The predicted octanol–water partition coefficient (Wildman–Crippen LogP) is 3.86. The van der Waals surface area contributed by atoms with Crippen LogP contribution in [0.4, 0.5) is 4.39 Å². The van der Waals surface area contributed by atoms with Crippen LogP contribution in [0.5, 0.6) is 23.0 Å². The predicted molar refractivity (Wildman–Crippen MR) is 134 cm³/mol. The van der Waals surface area contributed by atoms with Crippen LogP contribution in [-0.2, 0) is 9.84 Å². The van der Waals surface area contributed by atoms with Crippen LogP contribution in [0.3, 0.4) is 0 Å². The normalized spacial score (nSPS) is 15.9. The van der Waals surface area contributed by atoms with E-state index in [1.807, 2.05) is 6.92 Å². The van der Waals surface area contributed by atoms with E-state index in [9.17, 15) is 8.42 Å². The van der Waals surface area contributed by atoms with Crippen LogP contribution in [0, 0.1) is 12.7 Å². The van der Waals surface area contributed by atoms with Gasteiger partial charge in [-0.05, 0) is 37.6 Å². The molecular formula is C25H27FN4O5S. The van der Waals surface area contributed by atoms with Crippen molar-refractivity contribution in [3.8, 4) is 23.0 Å². The van der Waals surface area contributed by atoms with E-state index in [-0.39, 0.29) is 17.3 Å². The van der Waals surface area contributed by atoms with E-state index in [1.54, 1.807) is 37.4 Å². The highest BCUT2D eigenvalue weighted by molar-refractivity contribution is 7.91. The van der Waals surface area contributed by atoms with Crippen molar-refractivity contribution in [3.05, 3.63) is 48.0 Å². The maximum absolute atomic E-state index is 15.1. The minimum atomic E-state index is -2.89. The molecule has 190 valence electrons. The lowest BCUT2D eigenvalue weighted by Gasteiger charge is -2.26. The fourth-order valence-electron chi connectivity index (χ4n) is 4.33. The molecule has 0 aliphatic carbocycles. The Morgan fingerprint density at radius 2 is 1.86 bits per heavy atom. The summed E-state index contributed by atoms with van der Waals surface area (Å²) in [5.74, 6) is 1.38. The Morgan fingerprint density at radius 3 is 2.64 bits per heavy atom. The molecule has 36 heavy (non-hydrogen) atoms. The maximum atomic E-state index is 15.1. The molecule has 2 aromatic carbocycles. The fraction of sp³-hybridized carbons (Fsp3) is 0.360. The molecule has 0 bridgehead atoms. The Hall–Kier alpha value is -3.44. The van der Waals surface area contributed by atoms with Gasteiger partial charge in [0.2, 0.25) is 0 Å². The molecular weight excluding hydrogens is 487 g/mol. The van der Waals surface area contributed by atoms with Gasteiger partial charge in [-0.1, -0.05) is 0 Å². The number of benzene rings is 2. The molecule has 1 saturated heterocycles. The number of rotatable bonds is 8. The number of ether oxygens (including phenoxy) is 3. The first-order valence-corrected chi connectivity index (χ1v) is 13.5. The minimum Gasteiger partial charge on any atom is -0.493 e. The molecule has 11 heteroatoms. The lowest BCUT2D eigenvalue weighted by molar-refractivity contribution is 0.240. The maximum Gasteiger partial charge on any atom is 0.175 e. The van der Waals surface area contributed by atoms with Crippen molar-refractivity contribution in [2.45, 2.75) is 13.3 Å². The van der Waals surface area contributed by atoms with Crippen molar-refractivity contribution >= 4 is 31.6 Å². The lowest BCUT2D eigenvalue weighted by atomic mass is 10.2. The summed E-state index contributed by atoms with van der Waals surface area (Å²) in [6, 6.07) is 8.54. The smallest absolute Gasteiger partial charge is 0.175 e. The molecule has 0 amide bonds. The van der Waals surface area contributed by atoms with Gasteiger partial charge in [0.15, 0.2) is 38.7 Å². The average Bonchev–Trinajstić information content (AvgIpc) is 3.25. The van der Waals surface area contributed by atoms with Crippen LogP contribution in [-0.4, -0.2) is 73.4 Å². The molecule has 9 nitrogen and oxygen atoms in total. The highest BCUT2D eigenvalue weighted by Gasteiger charge is 2.21. The van der Waals surface area contributed by atoms with Crippen molar-refractivity contribution < 1.29 is 27.0 Å². The summed E-state index contributed by atoms with van der Waals surface area (Å²) >= 11 is 0. The summed E-state index contributed by atoms with van der Waals surface area (Å²) in [4.78, 5) is 5.24. The first kappa shape index (κ1) is 24.3. The third kappa shape index (κ3) is 5.07. The van der Waals surface area contributed by atoms with Gasteiger partial charge in [0, 0.05) is 42.3 Å². The number of H-pyrrole nitrogens is 1. The van der Waals surface area contributed by atoms with Crippen LogP contribution in [0.1, 0.15) is 12.1 Å². The first-order valence-electron chi connectivity index (χ1n) is 11.7. The zero-order valence-corrected chi connectivity index (χ0v) is 20.9. The van der Waals surface area contributed by atoms with E-state index < -0.39 is 15.7 Å². The zero-order chi connectivity index (χ0) is 25.3. The second-order valence-electron chi connectivity index (χ2n) is 8.82. The molecule has 0 atom stereocenters. The number of nitrogens with one attached hydrogen (secondary N) is 1. The standard InChI is InChI=1S/C25H27FN4O5S/c1-16-12-18-19(28-16)4-5-21(25(18)26)35-24-15-27-29-20-14-23(22(33-2)13-17(20)24)34-9-3-6-30-7-10-36(31,32)11-8-30/h4-5,12-15,28H,3,6-11H2,1-2H3. The van der Waals surface area contributed by atoms with Crippen LogP contribution in [0.15, 0.2) is 36.5 Å². The largest absolute Gasteiger partial charge is 0.493 e. The van der Waals surface area contributed by atoms with Gasteiger partial charge in [0.1, 0.15) is 5.52 Å². The van der Waals surface area contributed by atoms with E-state index in [4.69, 9.17) is 14.2 Å². The Bertz CT molecular complexity index is 1510. The number of sulfone groups is 1. The SMILES string of the molecule is COc1cc2c(Oc3ccc4[nH]c(C)cc4c3F)cnnc2cc1OCCCN1CCS(=O)(=O)CC1. The van der Waals surface area contributed by atoms with Crippen molar-refractivity contribution in [3.63, 3.8) is 0 Å². The van der Waals surface area contributed by atoms with Gasteiger partial charge in [-0.3, -0.25) is 0 Å². The first-order chi connectivity index (χ1) is 17.3. The van der Waals surface area contributed by atoms with Crippen LogP contribution < -0.4 is 14.2 Å². The molecule has 3 heterocycles. The number of hydrogen-bond donors (Lipinski definition) is 1. The van der Waals surface area contributed by atoms with E-state index in [0.29, 0.717) is 58.8 Å². The average molecular weight is 515 g/mol. The highest BCUT2D eigenvalue weighted by atomic mass is 32.2. The van der Waals surface area contributed by atoms with Crippen LogP contribution in [0.2, 0.25) is 0 Å². The molecule has 1 aliphatic heterocycles. The monoisotopic (exact) mass is 514 g/mol. The quantitative estimate of drug-likeness (QED) is 0.353. The zero-order valence-electron chi connectivity index (χ0n) is 20.1. The number of aryl methyl sites for hydroxylation is 1. The van der Waals surface area contributed by atoms with E-state index in [2.05, 4.69) is 20.1 Å². The highest BCUT2D eigenvalue weighted by Crippen LogP contribution is 2.38. The van der Waals surface area contributed by atoms with Crippen molar-refractivity contribution in [2.75, 3.05) is 44.9 Å². The van der Waals surface area contributed by atoms with Gasteiger partial charge in [-0.25, -0.2) is 12.8 Å². The Morgan fingerprint density at radius 1 is 1.06 bits per heavy atom. The molecule has 0 unspecified atom stereocenters. The van der Waals surface area contributed by atoms with Gasteiger partial charge in [0.25, 0.3) is 0 Å². The Labute approximate surface area is 208 Å². The third-order valence-corrected chi connectivity index (χ3v) is 7.87. The van der Waals surface area contributed by atoms with Gasteiger partial charge in [0.05, 0.1) is 36.8 Å². The number of hydrogen-bond acceptors (Lipinski definition) is 8. The summed E-state index contributed by atoms with van der Waals surface area (Å²) in [5.41, 5.74) is 2.07. The van der Waals surface area contributed by atoms with Gasteiger partial charge in [-0.15, -0.1) is 0 Å². The van der Waals surface area contributed by atoms with Crippen LogP contribution in [0.25, 0.3) is 21.8 Å². The van der Waals surface area contributed by atoms with Gasteiger partial charge in [-0.2, -0.15) is 10.2 Å². The summed E-state index contributed by atoms with van der Waals surface area (Å²) in [5, 5.41) is 9.26. The number of fused-ring (bicyclic) bond motifs is 2. The number of methoxy groups -OCH3 is 1. The second-order valence-corrected chi connectivity index (χ2v) is 11.1. The third-order valence-electron chi connectivity index (χ3n) is 6.26. The molecule has 2 aromatic heterocycles. The molecule has 0 spiro atoms. The molecule has 1 aliphatic rings. The van der Waals surface area contributed by atoms with Gasteiger partial charge >= 0.3 is 0 Å². The molecule has 0 radical (unpaired) electrons. The van der Waals surface area contributed by atoms with Crippen LogP contribution >= 0.6 is 0 Å². The number of halogens is 1. The lowest BCUT2D eigenvalue weighted by Crippen LogP contribution is -2.40. The van der Waals surface area contributed by atoms with E-state index in [1.165, 1.54) is 6.20 Å². The second kappa shape index (κ2) is 9.90. The van der Waals surface area contributed by atoms with Crippen molar-refractivity contribution in [1.82, 2.24) is 20.1 Å². The van der Waals surface area contributed by atoms with E-state index >= 15 is 4.39 Å². The summed E-state index contributed by atoms with van der Waals surface area (Å²) in [7, 11) is -1.35. The summed E-state index contributed by atoms with van der Waals surface area (Å²) in [6.07, 6.45) is 2.17. The molecule has 4 aromatic rings.